The number of carboxylic acids is 1. The molecule has 0 spiro atoms. The molecule has 2 aliphatic rings. The SMILES string of the molecule is COc1cc(Cn2ncc3c(-c4cccc(-c5cc(F)c(CNC[C@@H]6CCC(=O)N6)c(OC)c5)c4Cl)cccc32)c(C(F)(F)F)cc1CN(C)C1(C)CC(C(=O)O)C1. The van der Waals surface area contributed by atoms with Crippen LogP contribution in [0.25, 0.3) is 33.2 Å². The molecule has 7 rings (SSSR count). The van der Waals surface area contributed by atoms with Crippen molar-refractivity contribution in [2.24, 2.45) is 5.92 Å². The molecule has 15 heteroatoms. The Morgan fingerprint density at radius 3 is 2.43 bits per heavy atom. The van der Waals surface area contributed by atoms with E-state index in [1.165, 1.54) is 31.0 Å². The first-order chi connectivity index (χ1) is 27.6. The van der Waals surface area contributed by atoms with Crippen LogP contribution in [0.15, 0.2) is 66.9 Å². The molecule has 5 aromatic rings. The predicted molar refractivity (Wildman–Crippen MR) is 212 cm³/mol. The smallest absolute Gasteiger partial charge is 0.416 e. The average molecular weight is 822 g/mol. The second-order valence-electron chi connectivity index (χ2n) is 15.4. The van der Waals surface area contributed by atoms with Crippen LogP contribution >= 0.6 is 11.6 Å². The van der Waals surface area contributed by atoms with E-state index in [1.54, 1.807) is 43.6 Å². The highest BCUT2D eigenvalue weighted by atomic mass is 35.5. The maximum atomic E-state index is 15.7. The van der Waals surface area contributed by atoms with Gasteiger partial charge in [-0.3, -0.25) is 19.2 Å². The molecule has 0 radical (unpaired) electrons. The Morgan fingerprint density at radius 2 is 1.76 bits per heavy atom. The predicted octanol–water partition coefficient (Wildman–Crippen LogP) is 8.30. The van der Waals surface area contributed by atoms with Crippen molar-refractivity contribution >= 4 is 34.4 Å². The van der Waals surface area contributed by atoms with Gasteiger partial charge in [-0.2, -0.15) is 18.3 Å². The van der Waals surface area contributed by atoms with Gasteiger partial charge in [0.2, 0.25) is 5.91 Å². The molecular formula is C43H44ClF4N5O5. The Labute approximate surface area is 338 Å². The molecule has 1 amide bonds. The van der Waals surface area contributed by atoms with Crippen molar-refractivity contribution in [3.05, 3.63) is 100.0 Å². The molecule has 306 valence electrons. The summed E-state index contributed by atoms with van der Waals surface area (Å²) in [5, 5.41) is 21.0. The van der Waals surface area contributed by atoms with E-state index >= 15 is 4.39 Å². The molecule has 10 nitrogen and oxygen atoms in total. The van der Waals surface area contributed by atoms with E-state index in [2.05, 4.69) is 15.7 Å². The van der Waals surface area contributed by atoms with Gasteiger partial charge in [0, 0.05) is 65.3 Å². The number of nitrogens with zero attached hydrogens (tertiary/aromatic N) is 3. The molecule has 1 aromatic heterocycles. The van der Waals surface area contributed by atoms with Crippen LogP contribution in [0.1, 0.15) is 54.9 Å². The Morgan fingerprint density at radius 1 is 1.05 bits per heavy atom. The topological polar surface area (TPSA) is 118 Å². The third-order valence-corrected chi connectivity index (χ3v) is 12.0. The van der Waals surface area contributed by atoms with E-state index in [-0.39, 0.29) is 42.9 Å². The molecular weight excluding hydrogens is 778 g/mol. The lowest BCUT2D eigenvalue weighted by Gasteiger charge is -2.49. The number of alkyl halides is 3. The van der Waals surface area contributed by atoms with Gasteiger partial charge in [-0.15, -0.1) is 0 Å². The van der Waals surface area contributed by atoms with E-state index in [9.17, 15) is 27.9 Å². The fraction of sp³-hybridized carbons (Fsp3) is 0.372. The first-order valence-corrected chi connectivity index (χ1v) is 19.3. The van der Waals surface area contributed by atoms with Gasteiger partial charge in [-0.25, -0.2) is 4.39 Å². The quantitative estimate of drug-likeness (QED) is 0.0959. The zero-order valence-corrected chi connectivity index (χ0v) is 33.2. The molecule has 1 saturated carbocycles. The molecule has 0 unspecified atom stereocenters. The molecule has 1 aliphatic heterocycles. The second kappa shape index (κ2) is 16.2. The van der Waals surface area contributed by atoms with Gasteiger partial charge in [0.15, 0.2) is 0 Å². The summed E-state index contributed by atoms with van der Waals surface area (Å²) in [5.41, 5.74) is 2.27. The zero-order valence-electron chi connectivity index (χ0n) is 32.5. The number of aliphatic carboxylic acids is 1. The Bertz CT molecular complexity index is 2380. The number of fused-ring (bicyclic) bond motifs is 1. The van der Waals surface area contributed by atoms with Gasteiger partial charge in [-0.1, -0.05) is 41.9 Å². The van der Waals surface area contributed by atoms with Crippen LogP contribution in [0.4, 0.5) is 17.6 Å². The van der Waals surface area contributed by atoms with Crippen molar-refractivity contribution in [3.63, 3.8) is 0 Å². The van der Waals surface area contributed by atoms with Gasteiger partial charge in [0.05, 0.1) is 49.0 Å². The minimum atomic E-state index is -4.68. The standard InChI is InChI=1S/C43H44ClF4N5O5/c1-42(17-27(18-42)41(55)56)52(2)22-26-13-34(43(46,47)48)25(16-37(26)57-3)23-53-36-10-6-8-30(32(36)21-50-53)31-9-5-7-29(40(31)44)24-14-35(45)33(38(15-24)58-4)20-49-19-28-11-12-39(54)51-28/h5-10,13-16,21,27-28,49H,11-12,17-20,22-23H2,1-4H3,(H,51,54)(H,55,56)/t27?,28-,42?/m0/s1. The van der Waals surface area contributed by atoms with E-state index in [1.807, 2.05) is 24.0 Å². The zero-order chi connectivity index (χ0) is 41.5. The van der Waals surface area contributed by atoms with Crippen LogP contribution in [0.2, 0.25) is 5.02 Å². The van der Waals surface area contributed by atoms with E-state index < -0.39 is 35.0 Å². The summed E-state index contributed by atoms with van der Waals surface area (Å²) in [6, 6.07) is 16.4. The largest absolute Gasteiger partial charge is 0.496 e. The van der Waals surface area contributed by atoms with Crippen LogP contribution in [0.3, 0.4) is 0 Å². The van der Waals surface area contributed by atoms with Crippen molar-refractivity contribution in [3.8, 4) is 33.8 Å². The summed E-state index contributed by atoms with van der Waals surface area (Å²) >= 11 is 7.08. The maximum Gasteiger partial charge on any atom is 0.416 e. The van der Waals surface area contributed by atoms with E-state index in [0.717, 1.165) is 6.07 Å². The monoisotopic (exact) mass is 821 g/mol. The Hall–Kier alpha value is -5.18. The van der Waals surface area contributed by atoms with Crippen LogP contribution < -0.4 is 20.1 Å². The number of benzene rings is 4. The highest BCUT2D eigenvalue weighted by Gasteiger charge is 2.47. The van der Waals surface area contributed by atoms with Gasteiger partial charge >= 0.3 is 12.1 Å². The van der Waals surface area contributed by atoms with Crippen molar-refractivity contribution in [1.82, 2.24) is 25.3 Å². The van der Waals surface area contributed by atoms with Crippen LogP contribution in [0.5, 0.6) is 11.5 Å². The minimum absolute atomic E-state index is 0.00512. The lowest BCUT2D eigenvalue weighted by atomic mass is 9.68. The summed E-state index contributed by atoms with van der Waals surface area (Å²) in [7, 11) is 4.65. The van der Waals surface area contributed by atoms with Crippen LogP contribution in [-0.4, -0.2) is 71.1 Å². The third-order valence-electron chi connectivity index (χ3n) is 11.6. The Kier molecular flexibility index (Phi) is 11.5. The molecule has 58 heavy (non-hydrogen) atoms. The maximum absolute atomic E-state index is 15.7. The van der Waals surface area contributed by atoms with Crippen LogP contribution in [0, 0.1) is 11.7 Å². The van der Waals surface area contributed by atoms with Gasteiger partial charge in [-0.05, 0) is 80.3 Å². The first-order valence-electron chi connectivity index (χ1n) is 18.9. The fourth-order valence-corrected chi connectivity index (χ4v) is 8.56. The number of ether oxygens (including phenoxy) is 2. The number of aromatic nitrogens is 2. The van der Waals surface area contributed by atoms with Crippen molar-refractivity contribution in [2.45, 2.75) is 70.0 Å². The molecule has 1 atom stereocenters. The minimum Gasteiger partial charge on any atom is -0.496 e. The first kappa shape index (κ1) is 41.0. The summed E-state index contributed by atoms with van der Waals surface area (Å²) in [6.07, 6.45) is -1.10. The summed E-state index contributed by atoms with van der Waals surface area (Å²) in [4.78, 5) is 24.9. The number of halogens is 5. The number of carbonyl (C=O) groups excluding carboxylic acids is 1. The molecule has 2 fully saturated rings. The highest BCUT2D eigenvalue weighted by Crippen LogP contribution is 2.45. The number of rotatable bonds is 14. The Balaban J connectivity index is 1.16. The average Bonchev–Trinajstić information content (AvgIpc) is 3.79. The summed E-state index contributed by atoms with van der Waals surface area (Å²) in [6.45, 7) is 2.51. The summed E-state index contributed by atoms with van der Waals surface area (Å²) in [5.74, 6) is -1.22. The van der Waals surface area contributed by atoms with Gasteiger partial charge in [0.25, 0.3) is 0 Å². The van der Waals surface area contributed by atoms with E-state index in [4.69, 9.17) is 21.1 Å². The molecule has 1 saturated heterocycles. The highest BCUT2D eigenvalue weighted by molar-refractivity contribution is 6.36. The third kappa shape index (κ3) is 8.10. The van der Waals surface area contributed by atoms with Crippen molar-refractivity contribution in [2.75, 3.05) is 27.8 Å². The molecule has 4 aromatic carbocycles. The number of hydrogen-bond acceptors (Lipinski definition) is 7. The van der Waals surface area contributed by atoms with Crippen molar-refractivity contribution in [1.29, 1.82) is 0 Å². The number of methoxy groups -OCH3 is 2. The van der Waals surface area contributed by atoms with Gasteiger partial charge < -0.3 is 25.2 Å². The number of amides is 1. The fourth-order valence-electron chi connectivity index (χ4n) is 8.22. The van der Waals surface area contributed by atoms with Gasteiger partial charge in [0.1, 0.15) is 17.3 Å². The molecule has 0 bridgehead atoms. The normalized spacial score (nSPS) is 19.4. The molecule has 2 heterocycles. The molecule has 3 N–H and O–H groups in total. The van der Waals surface area contributed by atoms with Crippen molar-refractivity contribution < 1.29 is 41.7 Å². The lowest BCUT2D eigenvalue weighted by molar-refractivity contribution is -0.151. The second-order valence-corrected chi connectivity index (χ2v) is 15.8. The number of hydrogen-bond donors (Lipinski definition) is 3. The van der Waals surface area contributed by atoms with Crippen LogP contribution in [-0.2, 0) is 35.4 Å². The van der Waals surface area contributed by atoms with E-state index in [0.29, 0.717) is 87.3 Å². The number of carboxylic acid groups (broad SMARTS) is 1. The molecule has 1 aliphatic carbocycles. The number of carbonyl (C=O) groups is 2. The lowest BCUT2D eigenvalue weighted by Crippen LogP contribution is -2.55. The summed E-state index contributed by atoms with van der Waals surface area (Å²) < 4.78 is 72.5. The number of nitrogens with one attached hydrogen (secondary N) is 2.